The molecule has 0 saturated heterocycles. The van der Waals surface area contributed by atoms with E-state index in [0.717, 1.165) is 36.1 Å². The first-order valence-corrected chi connectivity index (χ1v) is 15.6. The summed E-state index contributed by atoms with van der Waals surface area (Å²) in [5.74, 6) is 0.0733. The van der Waals surface area contributed by atoms with E-state index in [1.54, 1.807) is 0 Å². The van der Waals surface area contributed by atoms with Gasteiger partial charge < -0.3 is 14.4 Å². The zero-order valence-electron chi connectivity index (χ0n) is 21.2. The van der Waals surface area contributed by atoms with Gasteiger partial charge in [-0.2, -0.15) is 0 Å². The van der Waals surface area contributed by atoms with E-state index in [4.69, 9.17) is 4.74 Å². The third-order valence-electron chi connectivity index (χ3n) is 5.77. The van der Waals surface area contributed by atoms with Crippen molar-refractivity contribution >= 4 is 44.0 Å². The Labute approximate surface area is 234 Å². The molecule has 38 heavy (non-hydrogen) atoms. The number of nitrogens with zero attached hydrogens (tertiary/aromatic N) is 1. The van der Waals surface area contributed by atoms with Crippen LogP contribution in [0.1, 0.15) is 29.5 Å². The Hall–Kier alpha value is -2.67. The summed E-state index contributed by atoms with van der Waals surface area (Å²) in [7, 11) is -1.54. The Morgan fingerprint density at radius 1 is 0.763 bits per heavy atom. The van der Waals surface area contributed by atoms with Gasteiger partial charge in [-0.15, -0.1) is 23.5 Å². The zero-order valence-corrected chi connectivity index (χ0v) is 24.0. The Morgan fingerprint density at radius 3 is 1.63 bits per heavy atom. The second kappa shape index (κ2) is 16.3. The summed E-state index contributed by atoms with van der Waals surface area (Å²) < 4.78 is 17.2. The van der Waals surface area contributed by atoms with Crippen LogP contribution in [0.2, 0.25) is 0 Å². The predicted octanol–water partition coefficient (Wildman–Crippen LogP) is 6.81. The lowest BCUT2D eigenvalue weighted by Crippen LogP contribution is -2.47. The number of hydrogen-bond donors (Lipinski definition) is 1. The van der Waals surface area contributed by atoms with Crippen LogP contribution in [0.4, 0.5) is 4.79 Å². The molecule has 0 aliphatic rings. The van der Waals surface area contributed by atoms with Crippen molar-refractivity contribution in [3.63, 3.8) is 0 Å². The van der Waals surface area contributed by atoms with E-state index in [9.17, 15) is 19.3 Å². The summed E-state index contributed by atoms with van der Waals surface area (Å²) in [6.07, 6.45) is 2.52. The van der Waals surface area contributed by atoms with Gasteiger partial charge in [-0.3, -0.25) is 9.69 Å². The van der Waals surface area contributed by atoms with Crippen molar-refractivity contribution in [2.75, 3.05) is 18.1 Å². The highest BCUT2D eigenvalue weighted by Gasteiger charge is 2.42. The van der Waals surface area contributed by atoms with Crippen molar-refractivity contribution in [3.8, 4) is 0 Å². The SMILES string of the molecule is O=[PH2]C(SCCCc1ccccc1)(SCCCc1ccccc1)N(CC(=O)O)C(=O)OCc1ccccc1. The van der Waals surface area contributed by atoms with Gasteiger partial charge in [0.15, 0.2) is 3.94 Å². The predicted molar refractivity (Wildman–Crippen MR) is 159 cm³/mol. The van der Waals surface area contributed by atoms with E-state index in [-0.39, 0.29) is 6.61 Å². The van der Waals surface area contributed by atoms with Crippen molar-refractivity contribution in [1.82, 2.24) is 4.90 Å². The Bertz CT molecular complexity index is 1090. The number of hydrogen-bond acceptors (Lipinski definition) is 6. The van der Waals surface area contributed by atoms with Gasteiger partial charge >= 0.3 is 12.1 Å². The van der Waals surface area contributed by atoms with Crippen LogP contribution in [0, 0.1) is 0 Å². The molecular formula is C29H34NO5PS2. The van der Waals surface area contributed by atoms with Crippen LogP contribution in [-0.2, 0) is 33.5 Å². The topological polar surface area (TPSA) is 83.9 Å². The average molecular weight is 572 g/mol. The number of carbonyl (C=O) groups is 2. The number of benzene rings is 3. The number of amides is 1. The molecule has 1 N–H and O–H groups in total. The number of aliphatic carboxylic acids is 1. The molecule has 0 heterocycles. The number of ether oxygens (including phenoxy) is 1. The van der Waals surface area contributed by atoms with Crippen LogP contribution in [0.25, 0.3) is 0 Å². The van der Waals surface area contributed by atoms with Crippen molar-refractivity contribution in [2.24, 2.45) is 0 Å². The molecule has 0 fully saturated rings. The molecule has 1 amide bonds. The number of rotatable bonds is 16. The van der Waals surface area contributed by atoms with Crippen molar-refractivity contribution in [3.05, 3.63) is 108 Å². The molecule has 3 rings (SSSR count). The van der Waals surface area contributed by atoms with Gasteiger partial charge in [0.25, 0.3) is 0 Å². The highest BCUT2D eigenvalue weighted by Crippen LogP contribution is 2.50. The Balaban J connectivity index is 1.72. The zero-order chi connectivity index (χ0) is 27.1. The first-order valence-electron chi connectivity index (χ1n) is 12.5. The highest BCUT2D eigenvalue weighted by atomic mass is 32.2. The highest BCUT2D eigenvalue weighted by molar-refractivity contribution is 8.23. The molecule has 0 aliphatic heterocycles. The molecule has 3 aromatic carbocycles. The fourth-order valence-corrected chi connectivity index (χ4v) is 8.00. The number of carboxylic acids is 1. The van der Waals surface area contributed by atoms with E-state index in [1.165, 1.54) is 34.7 Å². The van der Waals surface area contributed by atoms with E-state index >= 15 is 0 Å². The summed E-state index contributed by atoms with van der Waals surface area (Å²) >= 11 is 2.77. The lowest BCUT2D eigenvalue weighted by molar-refractivity contribution is -0.138. The molecule has 0 radical (unpaired) electrons. The third-order valence-corrected chi connectivity index (χ3v) is 10.9. The fraction of sp³-hybridized carbons (Fsp3) is 0.310. The van der Waals surface area contributed by atoms with Crippen molar-refractivity contribution in [2.45, 2.75) is 36.2 Å². The van der Waals surface area contributed by atoms with Crippen LogP contribution in [0.15, 0.2) is 91.0 Å². The Morgan fingerprint density at radius 2 is 1.21 bits per heavy atom. The minimum absolute atomic E-state index is 0.0113. The summed E-state index contributed by atoms with van der Waals surface area (Å²) in [5, 5.41) is 9.66. The quantitative estimate of drug-likeness (QED) is 0.115. The summed E-state index contributed by atoms with van der Waals surface area (Å²) in [6, 6.07) is 29.4. The molecular weight excluding hydrogens is 537 g/mol. The fourth-order valence-electron chi connectivity index (χ4n) is 3.84. The van der Waals surface area contributed by atoms with Crippen molar-refractivity contribution in [1.29, 1.82) is 0 Å². The van der Waals surface area contributed by atoms with Crippen LogP contribution >= 0.6 is 32.0 Å². The van der Waals surface area contributed by atoms with Crippen LogP contribution in [0.3, 0.4) is 0 Å². The molecule has 1 atom stereocenters. The van der Waals surface area contributed by atoms with Gasteiger partial charge in [0.1, 0.15) is 21.6 Å². The standard InChI is InChI=1S/C29H34NO5PS2/c31-27(32)22-30(28(33)35-23-26-16-8-3-9-17-26)29(36-34,37-20-10-18-24-12-4-1-5-13-24)38-21-11-19-25-14-6-2-7-15-25/h1-9,12-17H,10-11,18-23,36H2,(H,31,32). The molecule has 3 aromatic rings. The molecule has 6 nitrogen and oxygen atoms in total. The molecule has 0 aliphatic carbocycles. The minimum Gasteiger partial charge on any atom is -0.480 e. The maximum atomic E-state index is 13.3. The Kier molecular flexibility index (Phi) is 12.8. The normalized spacial score (nSPS) is 11.5. The lowest BCUT2D eigenvalue weighted by Gasteiger charge is -2.37. The van der Waals surface area contributed by atoms with Gasteiger partial charge in [0, 0.05) is 0 Å². The van der Waals surface area contributed by atoms with Crippen LogP contribution in [-0.4, -0.2) is 44.1 Å². The van der Waals surface area contributed by atoms with E-state index in [2.05, 4.69) is 24.3 Å². The molecule has 1 unspecified atom stereocenters. The van der Waals surface area contributed by atoms with Gasteiger partial charge in [-0.05, 0) is 53.9 Å². The number of aryl methyl sites for hydroxylation is 2. The third kappa shape index (κ3) is 9.90. The molecule has 202 valence electrons. The average Bonchev–Trinajstić information content (AvgIpc) is 2.95. The van der Waals surface area contributed by atoms with E-state index in [0.29, 0.717) is 11.5 Å². The van der Waals surface area contributed by atoms with E-state index < -0.39 is 31.0 Å². The number of thioether (sulfide) groups is 2. The molecule has 0 spiro atoms. The first kappa shape index (κ1) is 29.9. The molecule has 0 aromatic heterocycles. The summed E-state index contributed by atoms with van der Waals surface area (Å²) in [5.41, 5.74) is 3.20. The van der Waals surface area contributed by atoms with Crippen LogP contribution in [0.5, 0.6) is 0 Å². The number of carbonyl (C=O) groups excluding carboxylic acids is 1. The molecule has 0 bridgehead atoms. The van der Waals surface area contributed by atoms with E-state index in [1.807, 2.05) is 66.7 Å². The second-order valence-corrected chi connectivity index (χ2v) is 13.4. The van der Waals surface area contributed by atoms with Gasteiger partial charge in [0.05, 0.1) is 0 Å². The summed E-state index contributed by atoms with van der Waals surface area (Å²) in [6.45, 7) is -0.572. The molecule has 0 saturated carbocycles. The van der Waals surface area contributed by atoms with Gasteiger partial charge in [-0.25, -0.2) is 4.79 Å². The van der Waals surface area contributed by atoms with Crippen LogP contribution < -0.4 is 0 Å². The smallest absolute Gasteiger partial charge is 0.412 e. The second-order valence-electron chi connectivity index (χ2n) is 8.64. The largest absolute Gasteiger partial charge is 0.480 e. The number of carboxylic acid groups (broad SMARTS) is 1. The van der Waals surface area contributed by atoms with Gasteiger partial charge in [-0.1, -0.05) is 91.0 Å². The van der Waals surface area contributed by atoms with Gasteiger partial charge in [0.2, 0.25) is 0 Å². The maximum Gasteiger partial charge on any atom is 0.412 e. The first-order chi connectivity index (χ1) is 18.5. The lowest BCUT2D eigenvalue weighted by atomic mass is 10.1. The van der Waals surface area contributed by atoms with Crippen molar-refractivity contribution < 1.29 is 24.0 Å². The summed E-state index contributed by atoms with van der Waals surface area (Å²) in [4.78, 5) is 26.2. The minimum atomic E-state index is -1.54. The molecule has 9 heteroatoms. The monoisotopic (exact) mass is 571 g/mol. The maximum absolute atomic E-state index is 13.3.